The van der Waals surface area contributed by atoms with Crippen LogP contribution in [0.5, 0.6) is 5.75 Å². The van der Waals surface area contributed by atoms with Gasteiger partial charge in [-0.3, -0.25) is 0 Å². The molecule has 2 N–H and O–H groups in total. The lowest BCUT2D eigenvalue weighted by atomic mass is 9.80. The molecule has 0 aromatic heterocycles. The van der Waals surface area contributed by atoms with Crippen molar-refractivity contribution in [2.75, 3.05) is 0 Å². The lowest BCUT2D eigenvalue weighted by Crippen LogP contribution is -2.32. The second-order valence-electron chi connectivity index (χ2n) is 4.81. The van der Waals surface area contributed by atoms with E-state index in [0.717, 1.165) is 6.07 Å². The largest absolute Gasteiger partial charge is 0.491 e. The van der Waals surface area contributed by atoms with Gasteiger partial charge in [0.15, 0.2) is 0 Å². The monoisotopic (exact) mass is 262 g/mol. The van der Waals surface area contributed by atoms with Gasteiger partial charge in [-0.15, -0.1) is 0 Å². The minimum atomic E-state index is -1.82. The Morgan fingerprint density at radius 1 is 1.21 bits per heavy atom. The summed E-state index contributed by atoms with van der Waals surface area (Å²) in [7, 11) is -1.82. The van der Waals surface area contributed by atoms with Crippen molar-refractivity contribution in [2.45, 2.75) is 13.8 Å². The van der Waals surface area contributed by atoms with Crippen molar-refractivity contribution in [3.05, 3.63) is 48.0 Å². The average molecular weight is 262 g/mol. The highest BCUT2D eigenvalue weighted by molar-refractivity contribution is 6.58. The molecule has 1 aliphatic carbocycles. The van der Waals surface area contributed by atoms with E-state index >= 15 is 0 Å². The van der Waals surface area contributed by atoms with E-state index in [1.54, 1.807) is 0 Å². The van der Waals surface area contributed by atoms with Gasteiger partial charge in [0.1, 0.15) is 17.3 Å². The summed E-state index contributed by atoms with van der Waals surface area (Å²) in [5, 5.41) is 17.9. The van der Waals surface area contributed by atoms with E-state index in [2.05, 4.69) is 13.8 Å². The molecule has 0 saturated carbocycles. The average Bonchev–Trinajstić information content (AvgIpc) is 2.33. The van der Waals surface area contributed by atoms with Crippen LogP contribution in [-0.2, 0) is 0 Å². The van der Waals surface area contributed by atoms with E-state index < -0.39 is 12.9 Å². The van der Waals surface area contributed by atoms with Crippen LogP contribution in [0.4, 0.5) is 4.39 Å². The van der Waals surface area contributed by atoms with Gasteiger partial charge in [0.2, 0.25) is 0 Å². The van der Waals surface area contributed by atoms with Gasteiger partial charge in [0.05, 0.1) is 0 Å². The molecule has 1 aromatic rings. The molecule has 0 spiro atoms. The smallest absolute Gasteiger partial charge is 0.458 e. The third kappa shape index (κ3) is 3.25. The lowest BCUT2D eigenvalue weighted by molar-refractivity contribution is 0.413. The molecule has 0 saturated heterocycles. The van der Waals surface area contributed by atoms with Crippen molar-refractivity contribution >= 4 is 12.6 Å². The molecule has 0 aliphatic heterocycles. The van der Waals surface area contributed by atoms with Crippen LogP contribution in [0.3, 0.4) is 0 Å². The van der Waals surface area contributed by atoms with Gasteiger partial charge in [0, 0.05) is 11.5 Å². The molecule has 0 amide bonds. The van der Waals surface area contributed by atoms with Gasteiger partial charge in [0.25, 0.3) is 0 Å². The summed E-state index contributed by atoms with van der Waals surface area (Å²) >= 11 is 0. The quantitative estimate of drug-likeness (QED) is 0.813. The molecule has 19 heavy (non-hydrogen) atoms. The summed E-state index contributed by atoms with van der Waals surface area (Å²) < 4.78 is 19.1. The Morgan fingerprint density at radius 3 is 2.53 bits per heavy atom. The van der Waals surface area contributed by atoms with Gasteiger partial charge in [-0.25, -0.2) is 4.39 Å². The fourth-order valence-corrected chi connectivity index (χ4v) is 1.87. The number of allylic oxidation sites excluding steroid dienone is 3. The first-order valence-electron chi connectivity index (χ1n) is 6.21. The normalized spacial score (nSPS) is 22.1. The third-order valence-electron chi connectivity index (χ3n) is 3.31. The first-order valence-corrected chi connectivity index (χ1v) is 6.21. The van der Waals surface area contributed by atoms with Crippen molar-refractivity contribution in [1.29, 1.82) is 0 Å². The lowest BCUT2D eigenvalue weighted by Gasteiger charge is -2.19. The third-order valence-corrected chi connectivity index (χ3v) is 3.31. The van der Waals surface area contributed by atoms with Gasteiger partial charge >= 0.3 is 7.12 Å². The van der Waals surface area contributed by atoms with Crippen molar-refractivity contribution < 1.29 is 19.2 Å². The molecular weight excluding hydrogens is 246 g/mol. The van der Waals surface area contributed by atoms with Gasteiger partial charge in [-0.2, -0.15) is 0 Å². The van der Waals surface area contributed by atoms with Crippen LogP contribution in [0.1, 0.15) is 13.8 Å². The predicted octanol–water partition coefficient (Wildman–Crippen LogP) is 1.61. The van der Waals surface area contributed by atoms with E-state index in [9.17, 15) is 4.39 Å². The number of halogens is 1. The number of benzene rings is 1. The van der Waals surface area contributed by atoms with Crippen LogP contribution < -0.4 is 10.2 Å². The van der Waals surface area contributed by atoms with Crippen molar-refractivity contribution in [2.24, 2.45) is 11.8 Å². The zero-order valence-electron chi connectivity index (χ0n) is 10.9. The molecule has 1 aliphatic rings. The highest BCUT2D eigenvalue weighted by Gasteiger charge is 2.18. The van der Waals surface area contributed by atoms with Crippen LogP contribution in [0.15, 0.2) is 42.2 Å². The fourth-order valence-electron chi connectivity index (χ4n) is 1.87. The summed E-state index contributed by atoms with van der Waals surface area (Å²) in [4.78, 5) is 0. The van der Waals surface area contributed by atoms with Crippen LogP contribution in [0, 0.1) is 17.7 Å². The van der Waals surface area contributed by atoms with E-state index in [1.165, 1.54) is 12.1 Å². The van der Waals surface area contributed by atoms with Crippen molar-refractivity contribution in [1.82, 2.24) is 0 Å². The Kier molecular flexibility index (Phi) is 4.07. The maximum atomic E-state index is 13.6. The first-order chi connectivity index (χ1) is 8.97. The Hall–Kier alpha value is -1.59. The Morgan fingerprint density at radius 2 is 1.95 bits per heavy atom. The minimum absolute atomic E-state index is 0.164. The molecule has 0 fully saturated rings. The van der Waals surface area contributed by atoms with Gasteiger partial charge in [-0.1, -0.05) is 26.0 Å². The van der Waals surface area contributed by atoms with E-state index in [1.807, 2.05) is 18.2 Å². The van der Waals surface area contributed by atoms with Gasteiger partial charge in [-0.05, 0) is 30.1 Å². The van der Waals surface area contributed by atoms with Crippen molar-refractivity contribution in [3.8, 4) is 5.75 Å². The zero-order valence-corrected chi connectivity index (χ0v) is 10.9. The maximum absolute atomic E-state index is 13.6. The molecule has 0 bridgehead atoms. The molecule has 0 radical (unpaired) electrons. The zero-order chi connectivity index (χ0) is 14.0. The molecule has 1 aromatic carbocycles. The highest BCUT2D eigenvalue weighted by Crippen LogP contribution is 2.24. The summed E-state index contributed by atoms with van der Waals surface area (Å²) in [5.41, 5.74) is -0.164. The van der Waals surface area contributed by atoms with Crippen LogP contribution in [0.2, 0.25) is 0 Å². The Bertz CT molecular complexity index is 525. The summed E-state index contributed by atoms with van der Waals surface area (Å²) in [6.07, 6.45) is 5.89. The first kappa shape index (κ1) is 13.8. The second kappa shape index (κ2) is 5.59. The summed E-state index contributed by atoms with van der Waals surface area (Å²) in [6.45, 7) is 4.20. The molecule has 2 atom stereocenters. The second-order valence-corrected chi connectivity index (χ2v) is 4.81. The fraction of sp³-hybridized carbons (Fsp3) is 0.286. The molecular formula is C14H16BFO3. The number of hydrogen-bond donors (Lipinski definition) is 2. The Labute approximate surface area is 112 Å². The molecule has 3 nitrogen and oxygen atoms in total. The highest BCUT2D eigenvalue weighted by atomic mass is 19.1. The topological polar surface area (TPSA) is 49.7 Å². The molecule has 0 heterocycles. The number of ether oxygens (including phenoxy) is 1. The number of rotatable bonds is 3. The van der Waals surface area contributed by atoms with E-state index in [0.29, 0.717) is 23.3 Å². The van der Waals surface area contributed by atoms with Crippen LogP contribution in [-0.4, -0.2) is 17.2 Å². The molecule has 5 heteroatoms. The number of hydrogen-bond acceptors (Lipinski definition) is 3. The minimum Gasteiger partial charge on any atom is -0.458 e. The standard InChI is InChI=1S/C14H16BFO3/c1-9-3-4-11(7-10(9)2)19-12-5-6-13(15(17)18)14(16)8-12/h3-10,17-18H,1-2H3. The van der Waals surface area contributed by atoms with Crippen molar-refractivity contribution in [3.63, 3.8) is 0 Å². The maximum Gasteiger partial charge on any atom is 0.491 e. The Balaban J connectivity index is 2.15. The van der Waals surface area contributed by atoms with Gasteiger partial charge < -0.3 is 14.8 Å². The molecule has 2 unspecified atom stereocenters. The molecule has 100 valence electrons. The van der Waals surface area contributed by atoms with E-state index in [4.69, 9.17) is 14.8 Å². The van der Waals surface area contributed by atoms with E-state index in [-0.39, 0.29) is 5.46 Å². The van der Waals surface area contributed by atoms with Crippen LogP contribution in [0.25, 0.3) is 0 Å². The predicted molar refractivity (Wildman–Crippen MR) is 72.4 cm³/mol. The summed E-state index contributed by atoms with van der Waals surface area (Å²) in [5.74, 6) is 1.12. The SMILES string of the molecule is CC1C=CC(Oc2ccc(B(O)O)c(F)c2)=CC1C. The van der Waals surface area contributed by atoms with Crippen LogP contribution >= 0.6 is 0 Å². The molecule has 2 rings (SSSR count). The summed E-state index contributed by atoms with van der Waals surface area (Å²) in [6, 6.07) is 3.95.